The van der Waals surface area contributed by atoms with Crippen LogP contribution in [0.4, 0.5) is 8.78 Å². The Labute approximate surface area is 96.7 Å². The number of benzene rings is 1. The highest BCUT2D eigenvalue weighted by atomic mass is 19.2. The summed E-state index contributed by atoms with van der Waals surface area (Å²) in [7, 11) is 0. The van der Waals surface area contributed by atoms with E-state index in [4.69, 9.17) is 0 Å². The first-order valence-electron chi connectivity index (χ1n) is 5.08. The van der Waals surface area contributed by atoms with Crippen LogP contribution in [0.3, 0.4) is 0 Å². The Bertz CT molecular complexity index is 537. The number of rotatable bonds is 3. The van der Waals surface area contributed by atoms with E-state index in [0.29, 0.717) is 0 Å². The van der Waals surface area contributed by atoms with Gasteiger partial charge in [-0.3, -0.25) is 9.48 Å². The second-order valence-electron chi connectivity index (χ2n) is 3.66. The first kappa shape index (κ1) is 11.4. The van der Waals surface area contributed by atoms with E-state index in [9.17, 15) is 13.6 Å². The molecular weight excluding hydrogens is 226 g/mol. The quantitative estimate of drug-likeness (QED) is 0.768. The predicted octanol–water partition coefficient (Wildman–Crippen LogP) is 2.61. The molecular formula is C12H10F2N2O. The molecule has 0 aliphatic heterocycles. The van der Waals surface area contributed by atoms with Gasteiger partial charge in [0.1, 0.15) is 6.04 Å². The van der Waals surface area contributed by atoms with E-state index in [0.717, 1.165) is 12.1 Å². The van der Waals surface area contributed by atoms with Crippen molar-refractivity contribution in [2.45, 2.75) is 13.0 Å². The summed E-state index contributed by atoms with van der Waals surface area (Å²) in [6.45, 7) is 1.65. The maximum atomic E-state index is 13.0. The third-order valence-electron chi connectivity index (χ3n) is 2.51. The number of hydrogen-bond donors (Lipinski definition) is 0. The molecule has 1 atom stereocenters. The molecule has 17 heavy (non-hydrogen) atoms. The molecule has 1 aromatic heterocycles. The Morgan fingerprint density at radius 2 is 2.12 bits per heavy atom. The van der Waals surface area contributed by atoms with Gasteiger partial charge >= 0.3 is 0 Å². The van der Waals surface area contributed by atoms with Crippen LogP contribution in [0.15, 0.2) is 36.7 Å². The number of nitrogens with zero attached hydrogens (tertiary/aromatic N) is 2. The number of carbonyl (C=O) groups excluding carboxylic acids is 1. The lowest BCUT2D eigenvalue weighted by atomic mass is 10.1. The topological polar surface area (TPSA) is 34.9 Å². The fraction of sp³-hybridized carbons (Fsp3) is 0.167. The minimum atomic E-state index is -1.02. The van der Waals surface area contributed by atoms with E-state index in [1.54, 1.807) is 25.4 Å². The summed E-state index contributed by atoms with van der Waals surface area (Å²) in [4.78, 5) is 12.0. The zero-order chi connectivity index (χ0) is 12.4. The molecule has 1 unspecified atom stereocenters. The zero-order valence-electron chi connectivity index (χ0n) is 9.10. The van der Waals surface area contributed by atoms with Crippen LogP contribution in [0.1, 0.15) is 23.3 Å². The highest BCUT2D eigenvalue weighted by molar-refractivity contribution is 5.98. The van der Waals surface area contributed by atoms with Crippen molar-refractivity contribution in [3.63, 3.8) is 0 Å². The minimum Gasteiger partial charge on any atom is -0.292 e. The van der Waals surface area contributed by atoms with Crippen molar-refractivity contribution in [1.82, 2.24) is 9.78 Å². The lowest BCUT2D eigenvalue weighted by Gasteiger charge is -2.11. The molecule has 0 N–H and O–H groups in total. The standard InChI is InChI=1S/C12H10F2N2O/c1-8(16-6-2-5-15-16)12(17)9-3-4-10(13)11(14)7-9/h2-8H,1H3. The molecule has 0 aliphatic rings. The van der Waals surface area contributed by atoms with Crippen molar-refractivity contribution in [2.24, 2.45) is 0 Å². The Balaban J connectivity index is 2.28. The normalized spacial score (nSPS) is 12.4. The van der Waals surface area contributed by atoms with Gasteiger partial charge in [0.15, 0.2) is 17.4 Å². The first-order valence-corrected chi connectivity index (χ1v) is 5.08. The number of carbonyl (C=O) groups is 1. The summed E-state index contributed by atoms with van der Waals surface area (Å²) in [5.74, 6) is -2.30. The van der Waals surface area contributed by atoms with Gasteiger partial charge in [0.2, 0.25) is 0 Å². The van der Waals surface area contributed by atoms with Gasteiger partial charge in [-0.05, 0) is 31.2 Å². The van der Waals surface area contributed by atoms with Crippen molar-refractivity contribution in [2.75, 3.05) is 0 Å². The van der Waals surface area contributed by atoms with Crippen LogP contribution in [0, 0.1) is 11.6 Å². The largest absolute Gasteiger partial charge is 0.292 e. The van der Waals surface area contributed by atoms with Gasteiger partial charge in [0, 0.05) is 18.0 Å². The number of aromatic nitrogens is 2. The lowest BCUT2D eigenvalue weighted by molar-refractivity contribution is 0.0927. The molecule has 88 valence electrons. The van der Waals surface area contributed by atoms with Crippen molar-refractivity contribution in [1.29, 1.82) is 0 Å². The Hall–Kier alpha value is -2.04. The third-order valence-corrected chi connectivity index (χ3v) is 2.51. The molecule has 0 aliphatic carbocycles. The van der Waals surface area contributed by atoms with Crippen molar-refractivity contribution in [3.05, 3.63) is 53.9 Å². The molecule has 0 saturated carbocycles. The van der Waals surface area contributed by atoms with Gasteiger partial charge in [-0.1, -0.05) is 0 Å². The SMILES string of the molecule is CC(C(=O)c1ccc(F)c(F)c1)n1cccn1. The van der Waals surface area contributed by atoms with E-state index in [1.165, 1.54) is 10.7 Å². The summed E-state index contributed by atoms with van der Waals surface area (Å²) >= 11 is 0. The van der Waals surface area contributed by atoms with Gasteiger partial charge in [-0.25, -0.2) is 8.78 Å². The van der Waals surface area contributed by atoms with E-state index in [1.807, 2.05) is 0 Å². The van der Waals surface area contributed by atoms with Gasteiger partial charge in [0.25, 0.3) is 0 Å². The molecule has 0 spiro atoms. The molecule has 0 saturated heterocycles. The third kappa shape index (κ3) is 2.22. The molecule has 0 bridgehead atoms. The zero-order valence-corrected chi connectivity index (χ0v) is 9.10. The number of halogens is 2. The van der Waals surface area contributed by atoms with Crippen LogP contribution in [0.5, 0.6) is 0 Å². The Kier molecular flexibility index (Phi) is 2.99. The van der Waals surface area contributed by atoms with Gasteiger partial charge in [-0.2, -0.15) is 5.10 Å². The van der Waals surface area contributed by atoms with Gasteiger partial charge in [-0.15, -0.1) is 0 Å². The Morgan fingerprint density at radius 3 is 2.71 bits per heavy atom. The second kappa shape index (κ2) is 4.45. The molecule has 1 heterocycles. The summed E-state index contributed by atoms with van der Waals surface area (Å²) in [6.07, 6.45) is 3.19. The fourth-order valence-corrected chi connectivity index (χ4v) is 1.52. The van der Waals surface area contributed by atoms with E-state index < -0.39 is 17.7 Å². The highest BCUT2D eigenvalue weighted by Crippen LogP contribution is 2.15. The monoisotopic (exact) mass is 236 g/mol. The molecule has 1 aromatic carbocycles. The molecule has 2 aromatic rings. The predicted molar refractivity (Wildman–Crippen MR) is 57.6 cm³/mol. The number of Topliss-reactive ketones (excluding diaryl/α,β-unsaturated/α-hetero) is 1. The van der Waals surface area contributed by atoms with Crippen molar-refractivity contribution >= 4 is 5.78 Å². The number of hydrogen-bond acceptors (Lipinski definition) is 2. The molecule has 5 heteroatoms. The van der Waals surface area contributed by atoms with Crippen LogP contribution in [0.2, 0.25) is 0 Å². The first-order chi connectivity index (χ1) is 8.09. The van der Waals surface area contributed by atoms with E-state index in [2.05, 4.69) is 5.10 Å². The molecule has 3 nitrogen and oxygen atoms in total. The minimum absolute atomic E-state index is 0.131. The number of ketones is 1. The fourth-order valence-electron chi connectivity index (χ4n) is 1.52. The summed E-state index contributed by atoms with van der Waals surface area (Å²) in [6, 6.07) is 4.25. The highest BCUT2D eigenvalue weighted by Gasteiger charge is 2.18. The van der Waals surface area contributed by atoms with Gasteiger partial charge in [0.05, 0.1) is 0 Å². The van der Waals surface area contributed by atoms with Crippen LogP contribution >= 0.6 is 0 Å². The molecule has 0 amide bonds. The lowest BCUT2D eigenvalue weighted by Crippen LogP contribution is -2.17. The molecule has 0 radical (unpaired) electrons. The Morgan fingerprint density at radius 1 is 1.35 bits per heavy atom. The van der Waals surface area contributed by atoms with E-state index in [-0.39, 0.29) is 11.3 Å². The van der Waals surface area contributed by atoms with Crippen LogP contribution < -0.4 is 0 Å². The molecule has 0 fully saturated rings. The summed E-state index contributed by atoms with van der Waals surface area (Å²) < 4.78 is 27.2. The van der Waals surface area contributed by atoms with Crippen molar-refractivity contribution < 1.29 is 13.6 Å². The molecule has 2 rings (SSSR count). The maximum absolute atomic E-state index is 13.0. The van der Waals surface area contributed by atoms with Crippen LogP contribution in [-0.2, 0) is 0 Å². The average Bonchev–Trinajstić information content (AvgIpc) is 2.84. The summed E-state index contributed by atoms with van der Waals surface area (Å²) in [5, 5.41) is 3.93. The second-order valence-corrected chi connectivity index (χ2v) is 3.66. The van der Waals surface area contributed by atoms with Crippen LogP contribution in [0.25, 0.3) is 0 Å². The maximum Gasteiger partial charge on any atom is 0.187 e. The van der Waals surface area contributed by atoms with Crippen LogP contribution in [-0.4, -0.2) is 15.6 Å². The smallest absolute Gasteiger partial charge is 0.187 e. The van der Waals surface area contributed by atoms with E-state index >= 15 is 0 Å². The van der Waals surface area contributed by atoms with Crippen molar-refractivity contribution in [3.8, 4) is 0 Å². The average molecular weight is 236 g/mol. The van der Waals surface area contributed by atoms with Gasteiger partial charge < -0.3 is 0 Å². The summed E-state index contributed by atoms with van der Waals surface area (Å²) in [5.41, 5.74) is 0.131.